The number of benzene rings is 7. The maximum absolute atomic E-state index is 6.82. The average molecular weight is 626 g/mol. The topological polar surface area (TPSA) is 0 Å². The van der Waals surface area contributed by atoms with Crippen molar-refractivity contribution in [3.8, 4) is 22.3 Å². The first-order valence-electron chi connectivity index (χ1n) is 15.5. The van der Waals surface area contributed by atoms with Crippen LogP contribution in [0.15, 0.2) is 169 Å². The van der Waals surface area contributed by atoms with E-state index in [-0.39, 0.29) is 0 Å². The predicted molar refractivity (Wildman–Crippen MR) is 195 cm³/mol. The van der Waals surface area contributed by atoms with Gasteiger partial charge in [0.15, 0.2) is 0 Å². The molecular weight excluding hydrogens is 599 g/mol. The van der Waals surface area contributed by atoms with E-state index in [0.717, 1.165) is 22.3 Å². The summed E-state index contributed by atoms with van der Waals surface area (Å²) in [7, 11) is 0. The zero-order valence-corrected chi connectivity index (χ0v) is 26.3. The zero-order chi connectivity index (χ0) is 30.8. The molecule has 216 valence electrons. The summed E-state index contributed by atoms with van der Waals surface area (Å²) >= 11 is 13.6. The first-order chi connectivity index (χ1) is 22.6. The van der Waals surface area contributed by atoms with Crippen molar-refractivity contribution in [1.29, 1.82) is 0 Å². The maximum atomic E-state index is 6.82. The fourth-order valence-electron chi connectivity index (χ4n) is 7.75. The van der Waals surface area contributed by atoms with Gasteiger partial charge in [0, 0.05) is 0 Å². The second-order valence-electron chi connectivity index (χ2n) is 12.0. The van der Waals surface area contributed by atoms with Gasteiger partial charge < -0.3 is 0 Å². The number of hydrogen-bond donors (Lipinski definition) is 0. The molecule has 7 aromatic rings. The van der Waals surface area contributed by atoms with Gasteiger partial charge in [-0.15, -0.1) is 5.73 Å². The average Bonchev–Trinajstić information content (AvgIpc) is 3.70. The van der Waals surface area contributed by atoms with Crippen molar-refractivity contribution in [1.82, 2.24) is 0 Å². The van der Waals surface area contributed by atoms with Crippen LogP contribution in [0.2, 0.25) is 10.0 Å². The first-order valence-corrected chi connectivity index (χ1v) is 16.2. The van der Waals surface area contributed by atoms with Gasteiger partial charge in [-0.05, 0) is 114 Å². The summed E-state index contributed by atoms with van der Waals surface area (Å²) in [5.74, 6) is 0. The van der Waals surface area contributed by atoms with Crippen LogP contribution in [0.3, 0.4) is 0 Å². The molecule has 0 radical (unpaired) electrons. The molecule has 46 heavy (non-hydrogen) atoms. The Labute approximate surface area is 278 Å². The Hall–Kier alpha value is -5.10. The van der Waals surface area contributed by atoms with E-state index >= 15 is 0 Å². The summed E-state index contributed by atoms with van der Waals surface area (Å²) in [6, 6.07) is 52.1. The van der Waals surface area contributed by atoms with Gasteiger partial charge in [-0.25, -0.2) is 0 Å². The molecule has 0 saturated heterocycles. The standard InChI is InChI=1S/C44H26Cl2/c45-42-26-37(39(27-43(42)46)38-24-28-12-7-8-17-32(28)33-18-9-10-19-34(33)38)29-22-23-36-35-20-11-21-40(35)44(41(36)25-29,30-13-3-1-4-14-30)31-15-5-2-6-16-31/h1-10,12-27H. The molecule has 0 spiro atoms. The first kappa shape index (κ1) is 27.2. The van der Waals surface area contributed by atoms with Crippen molar-refractivity contribution in [2.75, 3.05) is 0 Å². The summed E-state index contributed by atoms with van der Waals surface area (Å²) in [6.45, 7) is 0. The SMILES string of the molecule is Clc1cc(-c2ccc3c(c2)C(c2ccccc2)(c2ccccc2)C2=C3C=C=C2)c(-c2cc3ccccc3c3ccccc23)cc1Cl. The number of fused-ring (bicyclic) bond motifs is 5. The smallest absolute Gasteiger partial charge is 0.0719 e. The molecule has 0 aliphatic heterocycles. The lowest BCUT2D eigenvalue weighted by atomic mass is 9.66. The minimum absolute atomic E-state index is 0.491. The number of halogens is 2. The Morgan fingerprint density at radius 3 is 1.78 bits per heavy atom. The lowest BCUT2D eigenvalue weighted by Gasteiger charge is -2.34. The van der Waals surface area contributed by atoms with Crippen LogP contribution >= 0.6 is 23.2 Å². The molecule has 0 aromatic heterocycles. The van der Waals surface area contributed by atoms with Crippen LogP contribution in [0.4, 0.5) is 0 Å². The highest BCUT2D eigenvalue weighted by Gasteiger charge is 2.47. The van der Waals surface area contributed by atoms with Gasteiger partial charge in [-0.1, -0.05) is 145 Å². The molecule has 0 N–H and O–H groups in total. The summed E-state index contributed by atoms with van der Waals surface area (Å²) in [5.41, 5.74) is 14.7. The molecule has 7 aromatic carbocycles. The van der Waals surface area contributed by atoms with Crippen LogP contribution in [-0.2, 0) is 5.41 Å². The number of hydrogen-bond acceptors (Lipinski definition) is 0. The fourth-order valence-corrected chi connectivity index (χ4v) is 8.08. The molecule has 0 saturated carbocycles. The molecule has 0 nitrogen and oxygen atoms in total. The highest BCUT2D eigenvalue weighted by atomic mass is 35.5. The molecule has 0 unspecified atom stereocenters. The normalized spacial score (nSPS) is 14.3. The number of allylic oxidation sites excluding steroid dienone is 3. The molecule has 2 heteroatoms. The third-order valence-electron chi connectivity index (χ3n) is 9.71. The van der Waals surface area contributed by atoms with Gasteiger partial charge in [0.25, 0.3) is 0 Å². The Morgan fingerprint density at radius 2 is 1.07 bits per heavy atom. The number of rotatable bonds is 4. The molecule has 0 fully saturated rings. The van der Waals surface area contributed by atoms with Crippen LogP contribution in [0.5, 0.6) is 0 Å². The van der Waals surface area contributed by atoms with Crippen molar-refractivity contribution in [2.45, 2.75) is 5.41 Å². The van der Waals surface area contributed by atoms with Crippen molar-refractivity contribution < 1.29 is 0 Å². The highest BCUT2D eigenvalue weighted by molar-refractivity contribution is 6.42. The summed E-state index contributed by atoms with van der Waals surface area (Å²) < 4.78 is 0. The highest BCUT2D eigenvalue weighted by Crippen LogP contribution is 2.57. The summed E-state index contributed by atoms with van der Waals surface area (Å²) in [6.07, 6.45) is 4.30. The van der Waals surface area contributed by atoms with Gasteiger partial charge >= 0.3 is 0 Å². The van der Waals surface area contributed by atoms with Crippen molar-refractivity contribution >= 4 is 50.3 Å². The van der Waals surface area contributed by atoms with Crippen molar-refractivity contribution in [3.05, 3.63) is 201 Å². The van der Waals surface area contributed by atoms with Crippen LogP contribution in [0.25, 0.3) is 49.4 Å². The van der Waals surface area contributed by atoms with Crippen molar-refractivity contribution in [3.63, 3.8) is 0 Å². The van der Waals surface area contributed by atoms with Crippen molar-refractivity contribution in [2.24, 2.45) is 0 Å². The Kier molecular flexibility index (Phi) is 6.20. The largest absolute Gasteiger partial charge is 0.120 e. The zero-order valence-electron chi connectivity index (χ0n) is 24.8. The van der Waals surface area contributed by atoms with Gasteiger partial charge in [-0.3, -0.25) is 0 Å². The van der Waals surface area contributed by atoms with E-state index in [4.69, 9.17) is 23.2 Å². The van der Waals surface area contributed by atoms with Gasteiger partial charge in [0.05, 0.1) is 15.5 Å². The second kappa shape index (κ2) is 10.5. The molecule has 9 rings (SSSR count). The van der Waals surface area contributed by atoms with Crippen LogP contribution in [0, 0.1) is 0 Å². The Balaban J connectivity index is 1.35. The minimum atomic E-state index is -0.491. The Morgan fingerprint density at radius 1 is 0.457 bits per heavy atom. The van der Waals surface area contributed by atoms with Gasteiger partial charge in [-0.2, -0.15) is 0 Å². The van der Waals surface area contributed by atoms with Crippen LogP contribution in [-0.4, -0.2) is 0 Å². The van der Waals surface area contributed by atoms with Gasteiger partial charge in [0.1, 0.15) is 0 Å². The molecule has 0 atom stereocenters. The van der Waals surface area contributed by atoms with E-state index in [9.17, 15) is 0 Å². The van der Waals surface area contributed by atoms with E-state index < -0.39 is 5.41 Å². The lowest BCUT2D eigenvalue weighted by molar-refractivity contribution is 0.762. The van der Waals surface area contributed by atoms with Gasteiger partial charge in [0.2, 0.25) is 0 Å². The predicted octanol–water partition coefficient (Wildman–Crippen LogP) is 12.5. The monoisotopic (exact) mass is 624 g/mol. The third-order valence-corrected chi connectivity index (χ3v) is 10.4. The van der Waals surface area contributed by atoms with E-state index in [2.05, 4.69) is 151 Å². The molecule has 2 aliphatic rings. The van der Waals surface area contributed by atoms with E-state index in [0.29, 0.717) is 10.0 Å². The lowest BCUT2D eigenvalue weighted by Crippen LogP contribution is -2.29. The van der Waals surface area contributed by atoms with E-state index in [1.807, 2.05) is 12.1 Å². The van der Waals surface area contributed by atoms with E-state index in [1.54, 1.807) is 0 Å². The second-order valence-corrected chi connectivity index (χ2v) is 12.8. The molecule has 2 aliphatic carbocycles. The minimum Gasteiger partial charge on any atom is -0.120 e. The van der Waals surface area contributed by atoms with E-state index in [1.165, 1.54) is 54.9 Å². The molecule has 0 heterocycles. The molecule has 0 amide bonds. The summed E-state index contributed by atoms with van der Waals surface area (Å²) in [4.78, 5) is 0. The summed E-state index contributed by atoms with van der Waals surface area (Å²) in [5, 5.41) is 5.90. The molecule has 0 bridgehead atoms. The Bertz CT molecular complexity index is 2420. The fraction of sp³-hybridized carbons (Fsp3) is 0.0227. The molecular formula is C44H26Cl2. The maximum Gasteiger partial charge on any atom is 0.0719 e. The quantitative estimate of drug-likeness (QED) is 0.135. The van der Waals surface area contributed by atoms with Crippen LogP contribution in [0.1, 0.15) is 22.3 Å². The third kappa shape index (κ3) is 3.89. The van der Waals surface area contributed by atoms with Crippen LogP contribution < -0.4 is 0 Å².